The maximum absolute atomic E-state index is 12.6. The summed E-state index contributed by atoms with van der Waals surface area (Å²) in [5.74, 6) is -0.0167. The molecule has 3 atom stereocenters. The molecule has 3 unspecified atom stereocenters. The number of carbonyl (C=O) groups excluding carboxylic acids is 1. The van der Waals surface area contributed by atoms with Crippen LogP contribution in [0.1, 0.15) is 33.6 Å². The first-order chi connectivity index (χ1) is 9.75. The van der Waals surface area contributed by atoms with E-state index in [4.69, 9.17) is 28.9 Å². The number of nitrogens with one attached hydrogen (secondary N) is 1. The second kappa shape index (κ2) is 6.07. The highest BCUT2D eigenvalue weighted by Gasteiger charge is 2.45. The number of hydrogen-bond acceptors (Lipinski definition) is 4. The van der Waals surface area contributed by atoms with E-state index in [9.17, 15) is 4.79 Å². The Morgan fingerprint density at radius 3 is 2.48 bits per heavy atom. The van der Waals surface area contributed by atoms with Gasteiger partial charge in [0.25, 0.3) is 0 Å². The van der Waals surface area contributed by atoms with E-state index in [0.717, 1.165) is 12.8 Å². The average Bonchev–Trinajstić information content (AvgIpc) is 2.40. The topological polar surface area (TPSA) is 80.9 Å². The minimum absolute atomic E-state index is 0.114. The third kappa shape index (κ3) is 3.15. The van der Waals surface area contributed by atoms with Crippen LogP contribution in [-0.4, -0.2) is 21.9 Å². The van der Waals surface area contributed by atoms with Crippen LogP contribution in [-0.2, 0) is 4.79 Å². The van der Waals surface area contributed by atoms with Gasteiger partial charge in [-0.2, -0.15) is 0 Å². The van der Waals surface area contributed by atoms with Crippen molar-refractivity contribution in [3.05, 3.63) is 16.6 Å². The van der Waals surface area contributed by atoms with Gasteiger partial charge in [-0.25, -0.2) is 9.97 Å². The number of hydrogen-bond donors (Lipinski definition) is 2. The summed E-state index contributed by atoms with van der Waals surface area (Å²) in [6, 6.07) is 0.122. The van der Waals surface area contributed by atoms with Gasteiger partial charge in [-0.3, -0.25) is 4.79 Å². The van der Waals surface area contributed by atoms with Crippen molar-refractivity contribution in [2.45, 2.75) is 39.7 Å². The summed E-state index contributed by atoms with van der Waals surface area (Å²) >= 11 is 11.9. The summed E-state index contributed by atoms with van der Waals surface area (Å²) in [4.78, 5) is 20.3. The number of rotatable bonds is 2. The molecular weight excluding hydrogens is 311 g/mol. The van der Waals surface area contributed by atoms with Crippen LogP contribution in [0.3, 0.4) is 0 Å². The molecule has 0 radical (unpaired) electrons. The van der Waals surface area contributed by atoms with Gasteiger partial charge in [-0.05, 0) is 24.2 Å². The van der Waals surface area contributed by atoms with E-state index in [2.05, 4.69) is 36.1 Å². The quantitative estimate of drug-likeness (QED) is 0.816. The van der Waals surface area contributed by atoms with Gasteiger partial charge < -0.3 is 11.1 Å². The van der Waals surface area contributed by atoms with Gasteiger partial charge >= 0.3 is 0 Å². The van der Waals surface area contributed by atoms with Crippen LogP contribution in [0.2, 0.25) is 10.3 Å². The molecule has 0 bridgehead atoms. The first-order valence-corrected chi connectivity index (χ1v) is 7.73. The number of nitrogens with two attached hydrogens (primary N) is 1. The predicted octanol–water partition coefficient (Wildman–Crippen LogP) is 3.12. The molecule has 5 nitrogen and oxygen atoms in total. The van der Waals surface area contributed by atoms with Crippen LogP contribution in [0.25, 0.3) is 0 Å². The smallest absolute Gasteiger partial charge is 0.228 e. The Hall–Kier alpha value is -0.910. The van der Waals surface area contributed by atoms with Gasteiger partial charge in [0.15, 0.2) is 10.3 Å². The van der Waals surface area contributed by atoms with Crippen LogP contribution in [0.15, 0.2) is 6.33 Å². The van der Waals surface area contributed by atoms with Crippen molar-refractivity contribution in [3.8, 4) is 0 Å². The Labute approximate surface area is 134 Å². The van der Waals surface area contributed by atoms with Gasteiger partial charge in [0, 0.05) is 12.0 Å². The highest BCUT2D eigenvalue weighted by atomic mass is 35.5. The zero-order chi connectivity index (χ0) is 15.8. The van der Waals surface area contributed by atoms with Crippen LogP contribution < -0.4 is 11.1 Å². The van der Waals surface area contributed by atoms with Gasteiger partial charge in [-0.15, -0.1) is 0 Å². The van der Waals surface area contributed by atoms with Crippen molar-refractivity contribution < 1.29 is 4.79 Å². The SMILES string of the molecule is CC1C(N)CCC(C(=O)Nc2c(Cl)ncnc2Cl)C1(C)C. The lowest BCUT2D eigenvalue weighted by Crippen LogP contribution is -2.50. The molecule has 1 heterocycles. The summed E-state index contributed by atoms with van der Waals surface area (Å²) < 4.78 is 0. The van der Waals surface area contributed by atoms with Gasteiger partial charge in [0.2, 0.25) is 5.91 Å². The van der Waals surface area contributed by atoms with Crippen molar-refractivity contribution in [1.82, 2.24) is 9.97 Å². The fraction of sp³-hybridized carbons (Fsp3) is 0.643. The van der Waals surface area contributed by atoms with E-state index in [1.807, 2.05) is 0 Å². The lowest BCUT2D eigenvalue weighted by molar-refractivity contribution is -0.127. The summed E-state index contributed by atoms with van der Waals surface area (Å²) in [6.07, 6.45) is 2.83. The Morgan fingerprint density at radius 2 is 1.90 bits per heavy atom. The first-order valence-electron chi connectivity index (χ1n) is 6.97. The third-order valence-electron chi connectivity index (χ3n) is 4.82. The number of aromatic nitrogens is 2. The number of nitrogens with zero attached hydrogens (tertiary/aromatic N) is 2. The fourth-order valence-electron chi connectivity index (χ4n) is 2.98. The summed E-state index contributed by atoms with van der Waals surface area (Å²) in [5, 5.41) is 3.05. The monoisotopic (exact) mass is 330 g/mol. The van der Waals surface area contributed by atoms with E-state index in [0.29, 0.717) is 0 Å². The van der Waals surface area contributed by atoms with Crippen molar-refractivity contribution in [3.63, 3.8) is 0 Å². The van der Waals surface area contributed by atoms with Crippen LogP contribution in [0.4, 0.5) is 5.69 Å². The van der Waals surface area contributed by atoms with Crippen molar-refractivity contribution >= 4 is 34.8 Å². The highest BCUT2D eigenvalue weighted by Crippen LogP contribution is 2.45. The van der Waals surface area contributed by atoms with Gasteiger partial charge in [-0.1, -0.05) is 44.0 Å². The molecule has 7 heteroatoms. The molecule has 21 heavy (non-hydrogen) atoms. The van der Waals surface area contributed by atoms with Crippen LogP contribution >= 0.6 is 23.2 Å². The summed E-state index contributed by atoms with van der Waals surface area (Å²) in [7, 11) is 0. The second-order valence-corrected chi connectivity index (χ2v) is 6.94. The standard InChI is InChI=1S/C14H20Cl2N4O/c1-7-9(17)5-4-8(14(7,2)3)13(21)20-10-11(15)18-6-19-12(10)16/h6-9H,4-5,17H2,1-3H3,(H,20,21). The molecule has 2 rings (SSSR count). The highest BCUT2D eigenvalue weighted by molar-refractivity contribution is 6.38. The molecule has 1 saturated carbocycles. The molecule has 0 spiro atoms. The number of amides is 1. The number of halogens is 2. The zero-order valence-electron chi connectivity index (χ0n) is 12.4. The molecule has 0 aliphatic heterocycles. The molecule has 116 valence electrons. The molecule has 0 aromatic carbocycles. The van der Waals surface area contributed by atoms with Gasteiger partial charge in [0.05, 0.1) is 0 Å². The summed E-state index contributed by atoms with van der Waals surface area (Å²) in [6.45, 7) is 6.24. The molecule has 0 saturated heterocycles. The minimum Gasteiger partial charge on any atom is -0.327 e. The molecule has 1 aromatic heterocycles. The lowest BCUT2D eigenvalue weighted by Gasteiger charge is -2.46. The van der Waals surface area contributed by atoms with E-state index >= 15 is 0 Å². The molecule has 1 aliphatic rings. The molecule has 1 amide bonds. The van der Waals surface area contributed by atoms with Crippen molar-refractivity contribution in [1.29, 1.82) is 0 Å². The molecule has 3 N–H and O–H groups in total. The largest absolute Gasteiger partial charge is 0.327 e. The van der Waals surface area contributed by atoms with Crippen LogP contribution in [0.5, 0.6) is 0 Å². The van der Waals surface area contributed by atoms with Crippen LogP contribution in [0, 0.1) is 17.3 Å². The Morgan fingerprint density at radius 1 is 1.33 bits per heavy atom. The fourth-order valence-corrected chi connectivity index (χ4v) is 3.39. The first kappa shape index (κ1) is 16.5. The van der Waals surface area contributed by atoms with E-state index in [-0.39, 0.29) is 45.2 Å². The molecule has 1 aromatic rings. The van der Waals surface area contributed by atoms with Crippen molar-refractivity contribution in [2.75, 3.05) is 5.32 Å². The Balaban J connectivity index is 2.21. The third-order valence-corrected chi connectivity index (χ3v) is 5.40. The van der Waals surface area contributed by atoms with Crippen molar-refractivity contribution in [2.24, 2.45) is 23.0 Å². The van der Waals surface area contributed by atoms with E-state index < -0.39 is 0 Å². The summed E-state index contributed by atoms with van der Waals surface area (Å²) in [5.41, 5.74) is 6.19. The Bertz CT molecular complexity index is 530. The maximum Gasteiger partial charge on any atom is 0.228 e. The number of anilines is 1. The molecule has 1 fully saturated rings. The Kier molecular flexibility index (Phi) is 4.76. The molecular formula is C14H20Cl2N4O. The normalized spacial score (nSPS) is 28.2. The zero-order valence-corrected chi connectivity index (χ0v) is 13.9. The second-order valence-electron chi connectivity index (χ2n) is 6.22. The minimum atomic E-state index is -0.198. The number of carbonyl (C=O) groups is 1. The predicted molar refractivity (Wildman–Crippen MR) is 84.3 cm³/mol. The maximum atomic E-state index is 12.6. The van der Waals surface area contributed by atoms with E-state index in [1.54, 1.807) is 0 Å². The van der Waals surface area contributed by atoms with Gasteiger partial charge in [0.1, 0.15) is 12.0 Å². The lowest BCUT2D eigenvalue weighted by atomic mass is 9.61. The van der Waals surface area contributed by atoms with E-state index in [1.165, 1.54) is 6.33 Å². The average molecular weight is 331 g/mol. The molecule has 1 aliphatic carbocycles.